The van der Waals surface area contributed by atoms with Crippen LogP contribution < -0.4 is 5.32 Å². The number of carbonyl (C=O) groups is 1. The molecule has 0 saturated heterocycles. The minimum Gasteiger partial charge on any atom is -0.478 e. The quantitative estimate of drug-likeness (QED) is 0.713. The van der Waals surface area contributed by atoms with Crippen LogP contribution in [-0.4, -0.2) is 29.3 Å². The number of rotatable bonds is 7. The Labute approximate surface area is 112 Å². The second kappa shape index (κ2) is 7.24. The molecular weight excluding hydrogens is 254 g/mol. The van der Waals surface area contributed by atoms with Crippen molar-refractivity contribution in [3.63, 3.8) is 0 Å². The number of aromatic carboxylic acids is 1. The summed E-state index contributed by atoms with van der Waals surface area (Å²) in [7, 11) is 0. The van der Waals surface area contributed by atoms with Gasteiger partial charge < -0.3 is 15.5 Å². The normalized spacial score (nSPS) is 12.2. The van der Waals surface area contributed by atoms with E-state index < -0.39 is 5.97 Å². The third kappa shape index (κ3) is 3.89. The maximum absolute atomic E-state index is 11.1. The van der Waals surface area contributed by atoms with Crippen molar-refractivity contribution in [1.82, 2.24) is 0 Å². The molecule has 1 rings (SSSR count). The molecule has 0 aliphatic heterocycles. The highest BCUT2D eigenvalue weighted by molar-refractivity contribution is 6.34. The molecule has 3 N–H and O–H groups in total. The average molecular weight is 272 g/mol. The van der Waals surface area contributed by atoms with Crippen LogP contribution in [0.1, 0.15) is 30.1 Å². The van der Waals surface area contributed by atoms with E-state index in [2.05, 4.69) is 5.32 Å². The Hall–Kier alpha value is -1.26. The van der Waals surface area contributed by atoms with Gasteiger partial charge >= 0.3 is 5.97 Å². The molecule has 0 bridgehead atoms. The van der Waals surface area contributed by atoms with Gasteiger partial charge in [-0.25, -0.2) is 4.79 Å². The Kier molecular flexibility index (Phi) is 5.95. The lowest BCUT2D eigenvalue weighted by molar-refractivity contribution is 0.0698. The van der Waals surface area contributed by atoms with Crippen LogP contribution in [0.2, 0.25) is 5.02 Å². The summed E-state index contributed by atoms with van der Waals surface area (Å²) >= 11 is 5.87. The second-order valence-corrected chi connectivity index (χ2v) is 4.54. The van der Waals surface area contributed by atoms with Crippen molar-refractivity contribution in [3.05, 3.63) is 28.8 Å². The first-order valence-corrected chi connectivity index (χ1v) is 6.34. The van der Waals surface area contributed by atoms with Gasteiger partial charge in [0.15, 0.2) is 0 Å². The number of benzene rings is 1. The summed E-state index contributed by atoms with van der Waals surface area (Å²) in [6.45, 7) is 2.80. The van der Waals surface area contributed by atoms with E-state index in [9.17, 15) is 4.79 Å². The van der Waals surface area contributed by atoms with Gasteiger partial charge in [0.05, 0.1) is 10.7 Å². The third-order valence-electron chi connectivity index (χ3n) is 2.92. The Balaban J connectivity index is 2.78. The highest BCUT2D eigenvalue weighted by atomic mass is 35.5. The SMILES string of the molecule is CCC(CCO)CNc1cccc(Cl)c1C(=O)O. The van der Waals surface area contributed by atoms with Crippen molar-refractivity contribution < 1.29 is 15.0 Å². The third-order valence-corrected chi connectivity index (χ3v) is 3.24. The van der Waals surface area contributed by atoms with Crippen LogP contribution in [0.4, 0.5) is 5.69 Å². The predicted molar refractivity (Wildman–Crippen MR) is 72.4 cm³/mol. The molecule has 1 atom stereocenters. The van der Waals surface area contributed by atoms with Gasteiger partial charge in [-0.05, 0) is 24.5 Å². The molecule has 100 valence electrons. The first-order valence-electron chi connectivity index (χ1n) is 5.96. The summed E-state index contributed by atoms with van der Waals surface area (Å²) in [5.41, 5.74) is 0.615. The zero-order valence-electron chi connectivity index (χ0n) is 10.3. The highest BCUT2D eigenvalue weighted by Crippen LogP contribution is 2.24. The summed E-state index contributed by atoms with van der Waals surface area (Å²) < 4.78 is 0. The highest BCUT2D eigenvalue weighted by Gasteiger charge is 2.15. The van der Waals surface area contributed by atoms with Crippen molar-refractivity contribution in [2.75, 3.05) is 18.5 Å². The number of anilines is 1. The number of carboxylic acids is 1. The maximum Gasteiger partial charge on any atom is 0.339 e. The summed E-state index contributed by atoms with van der Waals surface area (Å²) in [5.74, 6) is -0.728. The van der Waals surface area contributed by atoms with Crippen molar-refractivity contribution in [2.24, 2.45) is 5.92 Å². The van der Waals surface area contributed by atoms with Crippen LogP contribution in [0.3, 0.4) is 0 Å². The summed E-state index contributed by atoms with van der Waals surface area (Å²) in [5, 5.41) is 21.3. The van der Waals surface area contributed by atoms with Gasteiger partial charge in [0.2, 0.25) is 0 Å². The van der Waals surface area contributed by atoms with E-state index in [0.717, 1.165) is 6.42 Å². The lowest BCUT2D eigenvalue weighted by atomic mass is 10.0. The molecule has 4 nitrogen and oxygen atoms in total. The van der Waals surface area contributed by atoms with Crippen molar-refractivity contribution in [1.29, 1.82) is 0 Å². The lowest BCUT2D eigenvalue weighted by Gasteiger charge is -2.16. The molecule has 0 heterocycles. The smallest absolute Gasteiger partial charge is 0.339 e. The van der Waals surface area contributed by atoms with Gasteiger partial charge in [0.1, 0.15) is 5.56 Å². The van der Waals surface area contributed by atoms with Gasteiger partial charge in [-0.3, -0.25) is 0 Å². The van der Waals surface area contributed by atoms with E-state index in [1.165, 1.54) is 0 Å². The fraction of sp³-hybridized carbons (Fsp3) is 0.462. The van der Waals surface area contributed by atoms with E-state index in [1.54, 1.807) is 18.2 Å². The van der Waals surface area contributed by atoms with Gasteiger partial charge in [-0.1, -0.05) is 31.0 Å². The van der Waals surface area contributed by atoms with Crippen molar-refractivity contribution >= 4 is 23.3 Å². The van der Waals surface area contributed by atoms with Crippen LogP contribution in [0.25, 0.3) is 0 Å². The van der Waals surface area contributed by atoms with Crippen LogP contribution in [0.15, 0.2) is 18.2 Å². The largest absolute Gasteiger partial charge is 0.478 e. The molecule has 1 aromatic carbocycles. The Bertz CT molecular complexity index is 409. The van der Waals surface area contributed by atoms with Crippen LogP contribution >= 0.6 is 11.6 Å². The first kappa shape index (κ1) is 14.8. The molecule has 0 saturated carbocycles. The molecule has 0 aromatic heterocycles. The number of aliphatic hydroxyl groups excluding tert-OH is 1. The number of nitrogens with one attached hydrogen (secondary N) is 1. The van der Waals surface area contributed by atoms with Crippen LogP contribution in [0, 0.1) is 5.92 Å². The summed E-state index contributed by atoms with van der Waals surface area (Å²) in [4.78, 5) is 11.1. The molecule has 18 heavy (non-hydrogen) atoms. The zero-order valence-corrected chi connectivity index (χ0v) is 11.1. The molecule has 5 heteroatoms. The van der Waals surface area contributed by atoms with Gasteiger partial charge in [-0.2, -0.15) is 0 Å². The first-order chi connectivity index (χ1) is 8.60. The number of halogens is 1. The Morgan fingerprint density at radius 1 is 1.50 bits per heavy atom. The summed E-state index contributed by atoms with van der Waals surface area (Å²) in [6, 6.07) is 4.96. The number of hydrogen-bond acceptors (Lipinski definition) is 3. The fourth-order valence-electron chi connectivity index (χ4n) is 1.78. The fourth-order valence-corrected chi connectivity index (χ4v) is 2.03. The molecule has 0 radical (unpaired) electrons. The average Bonchev–Trinajstić information content (AvgIpc) is 2.33. The number of carboxylic acid groups (broad SMARTS) is 1. The molecular formula is C13H18ClNO3. The maximum atomic E-state index is 11.1. The van der Waals surface area contributed by atoms with E-state index in [-0.39, 0.29) is 17.2 Å². The van der Waals surface area contributed by atoms with Crippen molar-refractivity contribution in [3.8, 4) is 0 Å². The summed E-state index contributed by atoms with van der Waals surface area (Å²) in [6.07, 6.45) is 1.63. The molecule has 0 fully saturated rings. The topological polar surface area (TPSA) is 69.6 Å². The second-order valence-electron chi connectivity index (χ2n) is 4.14. The molecule has 0 spiro atoms. The number of hydrogen-bond donors (Lipinski definition) is 3. The molecule has 0 aliphatic carbocycles. The van der Waals surface area contributed by atoms with Gasteiger partial charge in [0, 0.05) is 13.2 Å². The van der Waals surface area contributed by atoms with E-state index >= 15 is 0 Å². The van der Waals surface area contributed by atoms with Gasteiger partial charge in [-0.15, -0.1) is 0 Å². The minimum absolute atomic E-state index is 0.0954. The van der Waals surface area contributed by atoms with Crippen LogP contribution in [0.5, 0.6) is 0 Å². The number of aliphatic hydroxyl groups is 1. The minimum atomic E-state index is -1.04. The van der Waals surface area contributed by atoms with Crippen molar-refractivity contribution in [2.45, 2.75) is 19.8 Å². The molecule has 0 aliphatic rings. The lowest BCUT2D eigenvalue weighted by Crippen LogP contribution is -2.16. The van der Waals surface area contributed by atoms with E-state index in [0.29, 0.717) is 24.6 Å². The van der Waals surface area contributed by atoms with Crippen LogP contribution in [-0.2, 0) is 0 Å². The molecule has 1 unspecified atom stereocenters. The molecule has 0 amide bonds. The monoisotopic (exact) mass is 271 g/mol. The predicted octanol–water partition coefficient (Wildman–Crippen LogP) is 2.86. The Morgan fingerprint density at radius 2 is 2.22 bits per heavy atom. The Morgan fingerprint density at radius 3 is 2.78 bits per heavy atom. The van der Waals surface area contributed by atoms with Gasteiger partial charge in [0.25, 0.3) is 0 Å². The van der Waals surface area contributed by atoms with E-state index in [1.807, 2.05) is 6.92 Å². The zero-order chi connectivity index (χ0) is 13.5. The standard InChI is InChI=1S/C13H18ClNO3/c1-2-9(6-7-16)8-15-11-5-3-4-10(14)12(11)13(17)18/h3-5,9,15-16H,2,6-8H2,1H3,(H,17,18). The van der Waals surface area contributed by atoms with E-state index in [4.69, 9.17) is 21.8 Å². The molecule has 1 aromatic rings.